The van der Waals surface area contributed by atoms with Crippen LogP contribution in [0.5, 0.6) is 0 Å². The van der Waals surface area contributed by atoms with Crippen LogP contribution in [-0.2, 0) is 19.1 Å². The van der Waals surface area contributed by atoms with E-state index in [1.807, 2.05) is 55.4 Å². The Bertz CT molecular complexity index is 887. The van der Waals surface area contributed by atoms with Gasteiger partial charge in [-0.3, -0.25) is 9.59 Å². The third-order valence-electron chi connectivity index (χ3n) is 7.75. The Hall–Kier alpha value is -1.82. The summed E-state index contributed by atoms with van der Waals surface area (Å²) in [5, 5.41) is 11.8. The Morgan fingerprint density at radius 3 is 1.44 bits per heavy atom. The molecule has 0 aromatic heterocycles. The second kappa shape index (κ2) is 21.9. The molecule has 0 saturated heterocycles. The topological polar surface area (TPSA) is 135 Å². The highest BCUT2D eigenvalue weighted by Crippen LogP contribution is 2.32. The second-order valence-corrected chi connectivity index (χ2v) is 16.1. The van der Waals surface area contributed by atoms with Crippen LogP contribution in [0.15, 0.2) is 0 Å². The van der Waals surface area contributed by atoms with Gasteiger partial charge >= 0.3 is 12.2 Å². The summed E-state index contributed by atoms with van der Waals surface area (Å²) in [6.07, 6.45) is 6.59. The van der Waals surface area contributed by atoms with Gasteiger partial charge in [0.15, 0.2) is 0 Å². The summed E-state index contributed by atoms with van der Waals surface area (Å²) >= 11 is 3.55. The van der Waals surface area contributed by atoms with Crippen molar-refractivity contribution in [2.75, 3.05) is 49.7 Å². The first-order chi connectivity index (χ1) is 20.9. The molecule has 1 unspecified atom stereocenters. The van der Waals surface area contributed by atoms with Crippen LogP contribution in [0, 0.1) is 10.8 Å². The first-order valence-electron chi connectivity index (χ1n) is 16.5. The smallest absolute Gasteiger partial charge is 0.407 e. The molecule has 0 bridgehead atoms. The average molecular weight is 677 g/mol. The Morgan fingerprint density at radius 2 is 1.02 bits per heavy atom. The molecule has 45 heavy (non-hydrogen) atoms. The maximum Gasteiger partial charge on any atom is 0.407 e. The number of nitrogens with one attached hydrogen (secondary N) is 4. The average Bonchev–Trinajstić information content (AvgIpc) is 2.94. The van der Waals surface area contributed by atoms with E-state index in [0.29, 0.717) is 39.0 Å². The monoisotopic (exact) mass is 676 g/mol. The highest BCUT2D eigenvalue weighted by atomic mass is 32.2. The maximum atomic E-state index is 12.8. The summed E-state index contributed by atoms with van der Waals surface area (Å²) in [5.74, 6) is 2.69. The van der Waals surface area contributed by atoms with E-state index in [-0.39, 0.29) is 22.6 Å². The first kappa shape index (κ1) is 43.2. The molecule has 0 fully saturated rings. The van der Waals surface area contributed by atoms with Gasteiger partial charge in [-0.25, -0.2) is 9.59 Å². The van der Waals surface area contributed by atoms with Crippen LogP contribution in [0.1, 0.15) is 114 Å². The van der Waals surface area contributed by atoms with Crippen LogP contribution < -0.4 is 21.3 Å². The fraction of sp³-hybridized carbons (Fsp3) is 0.879. The number of hydrogen-bond acceptors (Lipinski definition) is 8. The summed E-state index contributed by atoms with van der Waals surface area (Å²) < 4.78 is 10.8. The van der Waals surface area contributed by atoms with Gasteiger partial charge in [-0.1, -0.05) is 20.8 Å². The zero-order valence-corrected chi connectivity index (χ0v) is 31.5. The molecule has 0 aliphatic rings. The van der Waals surface area contributed by atoms with Gasteiger partial charge in [-0.2, -0.15) is 23.5 Å². The van der Waals surface area contributed by atoms with E-state index in [1.165, 1.54) is 0 Å². The predicted octanol–water partition coefficient (Wildman–Crippen LogP) is 6.52. The fourth-order valence-electron chi connectivity index (χ4n) is 4.67. The van der Waals surface area contributed by atoms with Crippen LogP contribution in [-0.4, -0.2) is 84.9 Å². The van der Waals surface area contributed by atoms with Gasteiger partial charge in [0.1, 0.15) is 11.2 Å². The van der Waals surface area contributed by atoms with E-state index in [2.05, 4.69) is 34.4 Å². The normalized spacial score (nSPS) is 13.4. The van der Waals surface area contributed by atoms with Crippen molar-refractivity contribution in [2.24, 2.45) is 10.8 Å². The molecule has 0 aromatic rings. The number of thioether (sulfide) groups is 2. The van der Waals surface area contributed by atoms with Crippen molar-refractivity contribution in [3.63, 3.8) is 0 Å². The van der Waals surface area contributed by atoms with E-state index in [4.69, 9.17) is 9.47 Å². The lowest BCUT2D eigenvalue weighted by molar-refractivity contribution is -0.124. The van der Waals surface area contributed by atoms with Crippen LogP contribution in [0.4, 0.5) is 9.59 Å². The highest BCUT2D eigenvalue weighted by molar-refractivity contribution is 7.99. The molecule has 4 N–H and O–H groups in total. The molecule has 0 radical (unpaired) electrons. The van der Waals surface area contributed by atoms with Crippen LogP contribution in [0.2, 0.25) is 0 Å². The van der Waals surface area contributed by atoms with Crippen LogP contribution in [0.25, 0.3) is 0 Å². The van der Waals surface area contributed by atoms with Gasteiger partial charge in [0, 0.05) is 39.0 Å². The third-order valence-corrected chi connectivity index (χ3v) is 9.51. The van der Waals surface area contributed by atoms with Gasteiger partial charge in [-0.05, 0) is 114 Å². The Balaban J connectivity index is 4.85. The molecule has 1 atom stereocenters. The number of alkyl carbamates (subject to hydrolysis) is 2. The minimum absolute atomic E-state index is 0.00758. The molecule has 264 valence electrons. The summed E-state index contributed by atoms with van der Waals surface area (Å²) in [7, 11) is 0. The Morgan fingerprint density at radius 1 is 0.600 bits per heavy atom. The molecular formula is C33H64N4O6S2. The lowest BCUT2D eigenvalue weighted by Crippen LogP contribution is -2.43. The molecule has 12 heteroatoms. The van der Waals surface area contributed by atoms with Crippen LogP contribution in [0.3, 0.4) is 0 Å². The standard InChI is InChI=1S/C33H64N4O6S2/c1-11-32(12-2,24-36-28(40)42-30(4,5)6)22-26(38)35-18-15-20-45-21-16-33(13-3,23-27(39)34-17-14-19-44-10)25-37-29(41)43-31(7,8)9/h11-25H2,1-10H3,(H,34,39)(H,35,38)(H,36,40)(H,37,41). The van der Waals surface area contributed by atoms with Gasteiger partial charge in [0.25, 0.3) is 0 Å². The number of ether oxygens (including phenoxy) is 2. The summed E-state index contributed by atoms with van der Waals surface area (Å²) in [4.78, 5) is 50.2. The number of carbonyl (C=O) groups excluding carboxylic acids is 4. The Kier molecular flexibility index (Phi) is 21.0. The molecular weight excluding hydrogens is 613 g/mol. The van der Waals surface area contributed by atoms with Crippen molar-refractivity contribution in [1.29, 1.82) is 0 Å². The highest BCUT2D eigenvalue weighted by Gasteiger charge is 2.33. The minimum Gasteiger partial charge on any atom is -0.444 e. The number of rotatable bonds is 22. The largest absolute Gasteiger partial charge is 0.444 e. The molecule has 0 saturated carbocycles. The number of carbonyl (C=O) groups is 4. The third kappa shape index (κ3) is 21.6. The number of amides is 4. The van der Waals surface area contributed by atoms with E-state index < -0.39 is 23.4 Å². The van der Waals surface area contributed by atoms with Crippen LogP contribution >= 0.6 is 23.5 Å². The maximum absolute atomic E-state index is 12.8. The molecule has 0 aliphatic heterocycles. The molecule has 10 nitrogen and oxygen atoms in total. The van der Waals surface area contributed by atoms with Gasteiger partial charge in [0.05, 0.1) is 0 Å². The van der Waals surface area contributed by atoms with Crippen molar-refractivity contribution >= 4 is 47.5 Å². The van der Waals surface area contributed by atoms with Crippen molar-refractivity contribution in [1.82, 2.24) is 21.3 Å². The van der Waals surface area contributed by atoms with Gasteiger partial charge in [-0.15, -0.1) is 0 Å². The number of hydrogen-bond donors (Lipinski definition) is 4. The molecule has 4 amide bonds. The molecule has 0 aliphatic carbocycles. The SMILES string of the molecule is CCC(CC)(CNC(=O)OC(C)(C)C)CC(=O)NCCCSCCC(CC)(CNC(=O)OC(C)(C)C)CC(=O)NCCCSC. The molecule has 0 aromatic carbocycles. The lowest BCUT2D eigenvalue weighted by atomic mass is 9.78. The van der Waals surface area contributed by atoms with Crippen molar-refractivity contribution in [2.45, 2.75) is 125 Å². The molecule has 0 spiro atoms. The quantitative estimate of drug-likeness (QED) is 0.0953. The zero-order valence-electron chi connectivity index (χ0n) is 29.9. The summed E-state index contributed by atoms with van der Waals surface area (Å²) in [6, 6.07) is 0. The molecule has 0 heterocycles. The lowest BCUT2D eigenvalue weighted by Gasteiger charge is -2.33. The Labute approximate surface area is 282 Å². The van der Waals surface area contributed by atoms with Crippen molar-refractivity contribution in [3.8, 4) is 0 Å². The predicted molar refractivity (Wildman–Crippen MR) is 189 cm³/mol. The summed E-state index contributed by atoms with van der Waals surface area (Å²) in [6.45, 7) is 19.1. The van der Waals surface area contributed by atoms with Crippen molar-refractivity contribution < 1.29 is 28.7 Å². The zero-order chi connectivity index (χ0) is 34.6. The van der Waals surface area contributed by atoms with Gasteiger partial charge in [0.2, 0.25) is 11.8 Å². The summed E-state index contributed by atoms with van der Waals surface area (Å²) in [5.41, 5.74) is -1.87. The van der Waals surface area contributed by atoms with E-state index in [9.17, 15) is 19.2 Å². The van der Waals surface area contributed by atoms with E-state index >= 15 is 0 Å². The second-order valence-electron chi connectivity index (χ2n) is 13.9. The minimum atomic E-state index is -0.593. The van der Waals surface area contributed by atoms with E-state index in [1.54, 1.807) is 23.5 Å². The van der Waals surface area contributed by atoms with E-state index in [0.717, 1.165) is 55.8 Å². The molecule has 0 rings (SSSR count). The van der Waals surface area contributed by atoms with Crippen molar-refractivity contribution in [3.05, 3.63) is 0 Å². The fourth-order valence-corrected chi connectivity index (χ4v) is 6.23. The first-order valence-corrected chi connectivity index (χ1v) is 19.0. The van der Waals surface area contributed by atoms with Gasteiger partial charge < -0.3 is 30.7 Å².